The van der Waals surface area contributed by atoms with Crippen molar-refractivity contribution < 1.29 is 22.7 Å². The molecule has 0 aromatic heterocycles. The molecule has 1 N–H and O–H groups in total. The number of anilines is 1. The summed E-state index contributed by atoms with van der Waals surface area (Å²) in [6, 6.07) is 15.3. The topological polar surface area (TPSA) is 44.8 Å². The fourth-order valence-electron chi connectivity index (χ4n) is 4.34. The Kier molecular flexibility index (Phi) is 6.55. The molecule has 5 nitrogen and oxygen atoms in total. The number of hydrogen-bond donors (Lipinski definition) is 1. The molecule has 2 aliphatic heterocycles. The second-order valence-corrected chi connectivity index (χ2v) is 8.41. The number of alkyl halides is 3. The normalized spacial score (nSPS) is 19.7. The van der Waals surface area contributed by atoms with Gasteiger partial charge in [0, 0.05) is 19.1 Å². The number of hydrogen-bond acceptors (Lipinski definition) is 3. The van der Waals surface area contributed by atoms with E-state index in [1.165, 1.54) is 18.2 Å². The van der Waals surface area contributed by atoms with Gasteiger partial charge in [-0.1, -0.05) is 42.5 Å². The molecule has 1 amide bonds. The highest BCUT2D eigenvalue weighted by molar-refractivity contribution is 7.80. The minimum atomic E-state index is -4.46. The van der Waals surface area contributed by atoms with Crippen molar-refractivity contribution >= 4 is 29.1 Å². The molecule has 0 saturated carbocycles. The molecule has 0 aliphatic carbocycles. The third-order valence-electron chi connectivity index (χ3n) is 5.94. The Hall–Kier alpha value is -2.81. The Balaban J connectivity index is 1.36. The standard InChI is InChI=1S/C23H24F3N3O2S/c24-23(25,26)19-8-4-5-9-20(19)27-21(32)28-12-10-17(11-13-28)29-18(15-31-22(29)30)14-16-6-2-1-3-7-16/h1-9,17-18H,10-15H2,(H,27,32)/t18-/m0/s1. The summed E-state index contributed by atoms with van der Waals surface area (Å²) in [4.78, 5) is 16.1. The van der Waals surface area contributed by atoms with Crippen LogP contribution in [0, 0.1) is 0 Å². The molecule has 2 heterocycles. The SMILES string of the molecule is O=C1OC[C@H](Cc2ccccc2)N1C1CCN(C(=S)Nc2ccccc2C(F)(F)F)CC1. The fraction of sp³-hybridized carbons (Fsp3) is 0.391. The summed E-state index contributed by atoms with van der Waals surface area (Å²) in [7, 11) is 0. The van der Waals surface area contributed by atoms with E-state index in [0.717, 1.165) is 18.1 Å². The number of para-hydroxylation sites is 1. The van der Waals surface area contributed by atoms with Crippen molar-refractivity contribution in [3.8, 4) is 0 Å². The van der Waals surface area contributed by atoms with Crippen LogP contribution in [0.1, 0.15) is 24.0 Å². The quantitative estimate of drug-likeness (QED) is 0.652. The number of rotatable bonds is 4. The van der Waals surface area contributed by atoms with Gasteiger partial charge in [0.2, 0.25) is 0 Å². The molecule has 0 spiro atoms. The molecular weight excluding hydrogens is 439 g/mol. The second-order valence-electron chi connectivity index (χ2n) is 8.02. The van der Waals surface area contributed by atoms with E-state index in [4.69, 9.17) is 17.0 Å². The van der Waals surface area contributed by atoms with Crippen molar-refractivity contribution in [3.05, 3.63) is 65.7 Å². The number of cyclic esters (lactones) is 1. The minimum Gasteiger partial charge on any atom is -0.447 e. The molecule has 32 heavy (non-hydrogen) atoms. The average Bonchev–Trinajstić information content (AvgIpc) is 3.14. The molecule has 2 aliphatic rings. The van der Waals surface area contributed by atoms with Crippen LogP contribution in [-0.2, 0) is 17.3 Å². The molecular formula is C23H24F3N3O2S. The summed E-state index contributed by atoms with van der Waals surface area (Å²) in [6.07, 6.45) is -2.70. The first-order valence-corrected chi connectivity index (χ1v) is 10.9. The maximum Gasteiger partial charge on any atom is 0.418 e. The monoisotopic (exact) mass is 463 g/mol. The van der Waals surface area contributed by atoms with E-state index >= 15 is 0 Å². The van der Waals surface area contributed by atoms with Gasteiger partial charge in [-0.05, 0) is 49.2 Å². The third-order valence-corrected chi connectivity index (χ3v) is 6.30. The Morgan fingerprint density at radius 1 is 1.06 bits per heavy atom. The van der Waals surface area contributed by atoms with Crippen LogP contribution in [0.15, 0.2) is 54.6 Å². The summed E-state index contributed by atoms with van der Waals surface area (Å²) < 4.78 is 45.1. The van der Waals surface area contributed by atoms with Gasteiger partial charge in [0.05, 0.1) is 17.3 Å². The summed E-state index contributed by atoms with van der Waals surface area (Å²) in [6.45, 7) is 1.46. The second kappa shape index (κ2) is 9.36. The van der Waals surface area contributed by atoms with E-state index in [1.54, 1.807) is 0 Å². The van der Waals surface area contributed by atoms with Crippen molar-refractivity contribution in [2.24, 2.45) is 0 Å². The van der Waals surface area contributed by atoms with Gasteiger partial charge >= 0.3 is 12.3 Å². The number of benzene rings is 2. The lowest BCUT2D eigenvalue weighted by molar-refractivity contribution is -0.136. The van der Waals surface area contributed by atoms with E-state index < -0.39 is 11.7 Å². The van der Waals surface area contributed by atoms with E-state index in [1.807, 2.05) is 40.1 Å². The molecule has 0 bridgehead atoms. The van der Waals surface area contributed by atoms with Crippen LogP contribution in [0.3, 0.4) is 0 Å². The lowest BCUT2D eigenvalue weighted by Gasteiger charge is -2.39. The van der Waals surface area contributed by atoms with Crippen molar-refractivity contribution in [3.63, 3.8) is 0 Å². The molecule has 0 radical (unpaired) electrons. The van der Waals surface area contributed by atoms with Gasteiger partial charge in [-0.3, -0.25) is 4.90 Å². The Morgan fingerprint density at radius 3 is 2.41 bits per heavy atom. The van der Waals surface area contributed by atoms with Crippen molar-refractivity contribution in [2.75, 3.05) is 25.0 Å². The summed E-state index contributed by atoms with van der Waals surface area (Å²) in [5, 5.41) is 3.01. The van der Waals surface area contributed by atoms with E-state index in [9.17, 15) is 18.0 Å². The Labute approximate surface area is 190 Å². The fourth-order valence-corrected chi connectivity index (χ4v) is 4.64. The number of nitrogens with one attached hydrogen (secondary N) is 1. The van der Waals surface area contributed by atoms with Crippen LogP contribution in [0.4, 0.5) is 23.7 Å². The molecule has 2 fully saturated rings. The van der Waals surface area contributed by atoms with Gasteiger partial charge in [-0.2, -0.15) is 13.2 Å². The number of carbonyl (C=O) groups excluding carboxylic acids is 1. The predicted octanol–water partition coefficient (Wildman–Crippen LogP) is 4.93. The number of likely N-dealkylation sites (tertiary alicyclic amines) is 1. The number of ether oxygens (including phenoxy) is 1. The zero-order valence-electron chi connectivity index (χ0n) is 17.3. The van der Waals surface area contributed by atoms with Gasteiger partial charge in [0.25, 0.3) is 0 Å². The number of amides is 1. The Bertz CT molecular complexity index is 962. The number of thiocarbonyl (C=S) groups is 1. The van der Waals surface area contributed by atoms with E-state index in [-0.39, 0.29) is 29.0 Å². The molecule has 9 heteroatoms. The first-order chi connectivity index (χ1) is 15.3. The zero-order valence-corrected chi connectivity index (χ0v) is 18.2. The predicted molar refractivity (Wildman–Crippen MR) is 119 cm³/mol. The maximum absolute atomic E-state index is 13.2. The Morgan fingerprint density at radius 2 is 1.72 bits per heavy atom. The molecule has 1 atom stereocenters. The van der Waals surface area contributed by atoms with Crippen molar-refractivity contribution in [1.82, 2.24) is 9.80 Å². The smallest absolute Gasteiger partial charge is 0.418 e. The molecule has 170 valence electrons. The summed E-state index contributed by atoms with van der Waals surface area (Å²) in [5.74, 6) is 0. The molecule has 0 unspecified atom stereocenters. The van der Waals surface area contributed by atoms with E-state index in [2.05, 4.69) is 5.32 Å². The highest BCUT2D eigenvalue weighted by Gasteiger charge is 2.40. The molecule has 2 aromatic carbocycles. The molecule has 2 saturated heterocycles. The average molecular weight is 464 g/mol. The van der Waals surface area contributed by atoms with Crippen molar-refractivity contribution in [1.29, 1.82) is 0 Å². The lowest BCUT2D eigenvalue weighted by Crippen LogP contribution is -2.51. The van der Waals surface area contributed by atoms with Crippen LogP contribution >= 0.6 is 12.2 Å². The van der Waals surface area contributed by atoms with E-state index in [0.29, 0.717) is 32.5 Å². The van der Waals surface area contributed by atoms with Crippen molar-refractivity contribution in [2.45, 2.75) is 37.5 Å². The van der Waals surface area contributed by atoms with Gasteiger partial charge in [-0.25, -0.2) is 4.79 Å². The highest BCUT2D eigenvalue weighted by Crippen LogP contribution is 2.35. The summed E-state index contributed by atoms with van der Waals surface area (Å²) >= 11 is 5.39. The number of piperidine rings is 1. The number of nitrogens with zero attached hydrogens (tertiary/aromatic N) is 2. The largest absolute Gasteiger partial charge is 0.447 e. The number of carbonyl (C=O) groups is 1. The molecule has 2 aromatic rings. The van der Waals surface area contributed by atoms with Crippen LogP contribution in [0.5, 0.6) is 0 Å². The highest BCUT2D eigenvalue weighted by atomic mass is 32.1. The first-order valence-electron chi connectivity index (χ1n) is 10.5. The zero-order chi connectivity index (χ0) is 22.7. The minimum absolute atomic E-state index is 0.0141. The van der Waals surface area contributed by atoms with Crippen LogP contribution in [-0.4, -0.2) is 52.8 Å². The van der Waals surface area contributed by atoms with Crippen LogP contribution < -0.4 is 5.32 Å². The lowest BCUT2D eigenvalue weighted by atomic mass is 9.99. The van der Waals surface area contributed by atoms with Gasteiger partial charge in [0.15, 0.2) is 5.11 Å². The van der Waals surface area contributed by atoms with Gasteiger partial charge in [0.1, 0.15) is 6.61 Å². The van der Waals surface area contributed by atoms with Gasteiger partial charge in [-0.15, -0.1) is 0 Å². The third kappa shape index (κ3) is 4.98. The van der Waals surface area contributed by atoms with Crippen LogP contribution in [0.2, 0.25) is 0 Å². The number of halogens is 3. The first kappa shape index (κ1) is 22.4. The van der Waals surface area contributed by atoms with Gasteiger partial charge < -0.3 is 15.0 Å². The van der Waals surface area contributed by atoms with Crippen LogP contribution in [0.25, 0.3) is 0 Å². The summed E-state index contributed by atoms with van der Waals surface area (Å²) in [5.41, 5.74) is 0.339. The molecule has 4 rings (SSSR count). The maximum atomic E-state index is 13.2.